The normalized spacial score (nSPS) is 13.7. The van der Waals surface area contributed by atoms with Crippen LogP contribution in [0.15, 0.2) is 53.5 Å². The molecule has 7 heteroatoms. The third-order valence-corrected chi connectivity index (χ3v) is 4.38. The molecule has 0 heterocycles. The van der Waals surface area contributed by atoms with Crippen molar-refractivity contribution in [2.45, 2.75) is 38.9 Å². The summed E-state index contributed by atoms with van der Waals surface area (Å²) in [5.41, 5.74) is 1.53. The molecule has 0 aromatic heterocycles. The van der Waals surface area contributed by atoms with E-state index in [4.69, 9.17) is 4.74 Å². The van der Waals surface area contributed by atoms with E-state index in [-0.39, 0.29) is 18.3 Å². The van der Waals surface area contributed by atoms with E-state index in [2.05, 4.69) is 20.9 Å². The highest BCUT2D eigenvalue weighted by atomic mass is 19.1. The van der Waals surface area contributed by atoms with E-state index >= 15 is 0 Å². The number of nitrogens with zero attached hydrogens (tertiary/aromatic N) is 1. The number of amides is 1. The van der Waals surface area contributed by atoms with Crippen molar-refractivity contribution in [3.05, 3.63) is 65.5 Å². The van der Waals surface area contributed by atoms with Crippen LogP contribution >= 0.6 is 0 Å². The van der Waals surface area contributed by atoms with Crippen molar-refractivity contribution in [3.8, 4) is 5.75 Å². The van der Waals surface area contributed by atoms with Crippen LogP contribution in [0.3, 0.4) is 0 Å². The van der Waals surface area contributed by atoms with Gasteiger partial charge in [0, 0.05) is 24.7 Å². The number of halogens is 1. The summed E-state index contributed by atoms with van der Waals surface area (Å²) in [5.74, 6) is 0.896. The van der Waals surface area contributed by atoms with Crippen molar-refractivity contribution in [1.29, 1.82) is 0 Å². The zero-order valence-corrected chi connectivity index (χ0v) is 16.6. The molecule has 6 nitrogen and oxygen atoms in total. The van der Waals surface area contributed by atoms with E-state index in [1.54, 1.807) is 18.2 Å². The summed E-state index contributed by atoms with van der Waals surface area (Å²) >= 11 is 0. The molecule has 0 radical (unpaired) electrons. The third kappa shape index (κ3) is 7.10. The van der Waals surface area contributed by atoms with Gasteiger partial charge in [0.25, 0.3) is 5.91 Å². The first-order valence-electron chi connectivity index (χ1n) is 9.90. The maximum atomic E-state index is 13.8. The molecule has 3 N–H and O–H groups in total. The van der Waals surface area contributed by atoms with Gasteiger partial charge < -0.3 is 20.7 Å². The van der Waals surface area contributed by atoms with Crippen molar-refractivity contribution in [3.63, 3.8) is 0 Å². The van der Waals surface area contributed by atoms with Crippen molar-refractivity contribution >= 4 is 11.9 Å². The molecule has 1 fully saturated rings. The Balaban J connectivity index is 1.54. The Labute approximate surface area is 170 Å². The molecule has 0 atom stereocenters. The molecule has 154 valence electrons. The lowest BCUT2D eigenvalue weighted by atomic mass is 10.2. The number of guanidine groups is 1. The number of carbonyl (C=O) groups is 1. The van der Waals surface area contributed by atoms with Crippen LogP contribution in [-0.4, -0.2) is 31.1 Å². The van der Waals surface area contributed by atoms with Crippen molar-refractivity contribution in [2.75, 3.05) is 13.2 Å². The summed E-state index contributed by atoms with van der Waals surface area (Å²) in [7, 11) is 0. The van der Waals surface area contributed by atoms with Crippen LogP contribution in [0.4, 0.5) is 4.39 Å². The predicted molar refractivity (Wildman–Crippen MR) is 111 cm³/mol. The van der Waals surface area contributed by atoms with Crippen molar-refractivity contribution < 1.29 is 13.9 Å². The summed E-state index contributed by atoms with van der Waals surface area (Å²) in [6, 6.07) is 14.5. The molecule has 0 saturated heterocycles. The largest absolute Gasteiger partial charge is 0.484 e. The van der Waals surface area contributed by atoms with Crippen LogP contribution in [0.1, 0.15) is 30.9 Å². The second kappa shape index (κ2) is 10.5. The number of carbonyl (C=O) groups excluding carboxylic acids is 1. The smallest absolute Gasteiger partial charge is 0.258 e. The minimum absolute atomic E-state index is 0.00998. The lowest BCUT2D eigenvalue weighted by molar-refractivity contribution is -0.123. The summed E-state index contributed by atoms with van der Waals surface area (Å²) in [6.45, 7) is 3.45. The zero-order chi connectivity index (χ0) is 20.5. The molecule has 1 saturated carbocycles. The molecule has 0 aliphatic heterocycles. The highest BCUT2D eigenvalue weighted by molar-refractivity contribution is 5.79. The fraction of sp³-hybridized carbons (Fsp3) is 0.364. The highest BCUT2D eigenvalue weighted by Crippen LogP contribution is 2.18. The van der Waals surface area contributed by atoms with Gasteiger partial charge in [-0.1, -0.05) is 30.3 Å². The molecule has 1 amide bonds. The van der Waals surface area contributed by atoms with Gasteiger partial charge in [0.15, 0.2) is 12.6 Å². The standard InChI is InChI=1S/C22H27FN4O2/c1-2-24-22(26-14-17-7-3-4-9-20(17)23)25-13-16-6-5-8-19(12-16)29-15-21(28)27-18-10-11-18/h3-9,12,18H,2,10-11,13-15H2,1H3,(H,27,28)(H2,24,25,26). The first kappa shape index (κ1) is 20.6. The van der Waals surface area contributed by atoms with Crippen molar-refractivity contribution in [2.24, 2.45) is 4.99 Å². The maximum absolute atomic E-state index is 13.8. The Bertz CT molecular complexity index is 852. The summed E-state index contributed by atoms with van der Waals surface area (Å²) in [5, 5.41) is 9.19. The van der Waals surface area contributed by atoms with Gasteiger partial charge in [-0.25, -0.2) is 9.38 Å². The molecular formula is C22H27FN4O2. The van der Waals surface area contributed by atoms with Gasteiger partial charge in [-0.3, -0.25) is 4.79 Å². The quantitative estimate of drug-likeness (QED) is 0.449. The fourth-order valence-corrected chi connectivity index (χ4v) is 2.71. The van der Waals surface area contributed by atoms with Gasteiger partial charge >= 0.3 is 0 Å². The number of rotatable bonds is 9. The number of aliphatic imine (C=N–C) groups is 1. The van der Waals surface area contributed by atoms with E-state index in [0.717, 1.165) is 18.4 Å². The van der Waals surface area contributed by atoms with Gasteiger partial charge in [0.2, 0.25) is 0 Å². The Morgan fingerprint density at radius 3 is 2.76 bits per heavy atom. The molecule has 0 spiro atoms. The second-order valence-electron chi connectivity index (χ2n) is 6.92. The molecule has 2 aromatic carbocycles. The first-order chi connectivity index (χ1) is 14.1. The average molecular weight is 398 g/mol. The maximum Gasteiger partial charge on any atom is 0.258 e. The van der Waals surface area contributed by atoms with E-state index in [1.807, 2.05) is 31.2 Å². The molecule has 0 unspecified atom stereocenters. The molecule has 3 rings (SSSR count). The number of nitrogens with one attached hydrogen (secondary N) is 3. The number of benzene rings is 2. The molecule has 1 aliphatic rings. The molecule has 1 aliphatic carbocycles. The molecule has 2 aromatic rings. The van der Waals surface area contributed by atoms with E-state index in [0.29, 0.717) is 42.9 Å². The number of ether oxygens (including phenoxy) is 1. The van der Waals surface area contributed by atoms with Crippen LogP contribution < -0.4 is 20.7 Å². The monoisotopic (exact) mass is 398 g/mol. The fourth-order valence-electron chi connectivity index (χ4n) is 2.71. The van der Waals surface area contributed by atoms with Crippen LogP contribution in [0.5, 0.6) is 5.75 Å². The van der Waals surface area contributed by atoms with E-state index in [1.165, 1.54) is 6.07 Å². The zero-order valence-electron chi connectivity index (χ0n) is 16.6. The topological polar surface area (TPSA) is 74.8 Å². The SMILES string of the molecule is CCNC(=NCc1cccc(OCC(=O)NC2CC2)c1)NCc1ccccc1F. The third-order valence-electron chi connectivity index (χ3n) is 4.38. The van der Waals surface area contributed by atoms with Gasteiger partial charge in [0.1, 0.15) is 11.6 Å². The van der Waals surface area contributed by atoms with Crippen molar-refractivity contribution in [1.82, 2.24) is 16.0 Å². The van der Waals surface area contributed by atoms with Gasteiger partial charge in [-0.15, -0.1) is 0 Å². The van der Waals surface area contributed by atoms with Crippen LogP contribution in [0, 0.1) is 5.82 Å². The number of hydrogen-bond donors (Lipinski definition) is 3. The van der Waals surface area contributed by atoms with Gasteiger partial charge in [0.05, 0.1) is 6.54 Å². The average Bonchev–Trinajstić information content (AvgIpc) is 3.54. The lowest BCUT2D eigenvalue weighted by Gasteiger charge is -2.12. The predicted octanol–water partition coefficient (Wildman–Crippen LogP) is 2.74. The Morgan fingerprint density at radius 2 is 2.00 bits per heavy atom. The molecule has 29 heavy (non-hydrogen) atoms. The highest BCUT2D eigenvalue weighted by Gasteiger charge is 2.23. The van der Waals surface area contributed by atoms with Crippen LogP contribution in [0.2, 0.25) is 0 Å². The summed E-state index contributed by atoms with van der Waals surface area (Å²) < 4.78 is 19.4. The minimum Gasteiger partial charge on any atom is -0.484 e. The van der Waals surface area contributed by atoms with Crippen LogP contribution in [0.25, 0.3) is 0 Å². The molecular weight excluding hydrogens is 371 g/mol. The second-order valence-corrected chi connectivity index (χ2v) is 6.92. The Hall–Kier alpha value is -3.09. The van der Waals surface area contributed by atoms with Gasteiger partial charge in [-0.2, -0.15) is 0 Å². The van der Waals surface area contributed by atoms with Crippen LogP contribution in [-0.2, 0) is 17.9 Å². The number of hydrogen-bond acceptors (Lipinski definition) is 3. The summed E-state index contributed by atoms with van der Waals surface area (Å²) in [4.78, 5) is 16.3. The Kier molecular flexibility index (Phi) is 7.44. The lowest BCUT2D eigenvalue weighted by Crippen LogP contribution is -2.37. The van der Waals surface area contributed by atoms with E-state index in [9.17, 15) is 9.18 Å². The molecule has 0 bridgehead atoms. The first-order valence-corrected chi connectivity index (χ1v) is 9.90. The van der Waals surface area contributed by atoms with E-state index < -0.39 is 0 Å². The Morgan fingerprint density at radius 1 is 1.17 bits per heavy atom. The summed E-state index contributed by atoms with van der Waals surface area (Å²) in [6.07, 6.45) is 2.11. The minimum atomic E-state index is -0.244. The van der Waals surface area contributed by atoms with Gasteiger partial charge in [-0.05, 0) is 43.5 Å².